The summed E-state index contributed by atoms with van der Waals surface area (Å²) in [5, 5.41) is 2.99. The average molecular weight is 356 g/mol. The Bertz CT molecular complexity index is 616. The van der Waals surface area contributed by atoms with Crippen molar-refractivity contribution in [2.45, 2.75) is 19.4 Å². The van der Waals surface area contributed by atoms with Crippen molar-refractivity contribution in [1.29, 1.82) is 0 Å². The van der Waals surface area contributed by atoms with Gasteiger partial charge in [-0.2, -0.15) is 0 Å². The van der Waals surface area contributed by atoms with Gasteiger partial charge in [0.1, 0.15) is 17.4 Å². The molecule has 1 atom stereocenters. The molecule has 0 aliphatic carbocycles. The highest BCUT2D eigenvalue weighted by atomic mass is 79.9. The fraction of sp³-hybridized carbons (Fsp3) is 0.250. The number of methoxy groups -OCH3 is 1. The second-order valence-corrected chi connectivity index (χ2v) is 5.70. The van der Waals surface area contributed by atoms with Gasteiger partial charge in [0.2, 0.25) is 0 Å². The first kappa shape index (κ1) is 15.8. The molecule has 0 radical (unpaired) electrons. The smallest absolute Gasteiger partial charge is 0.147 e. The number of ether oxygens (including phenoxy) is 1. The van der Waals surface area contributed by atoms with Crippen molar-refractivity contribution in [2.75, 3.05) is 12.4 Å². The first-order valence-corrected chi connectivity index (χ1v) is 7.33. The van der Waals surface area contributed by atoms with Crippen LogP contribution in [0.25, 0.3) is 0 Å². The monoisotopic (exact) mass is 355 g/mol. The number of halogens is 3. The maximum absolute atomic E-state index is 13.8. The van der Waals surface area contributed by atoms with E-state index in [0.717, 1.165) is 23.4 Å². The van der Waals surface area contributed by atoms with Gasteiger partial charge in [-0.1, -0.05) is 12.1 Å². The van der Waals surface area contributed by atoms with E-state index in [2.05, 4.69) is 21.2 Å². The van der Waals surface area contributed by atoms with E-state index in [1.54, 1.807) is 7.11 Å². The molecule has 1 unspecified atom stereocenters. The van der Waals surface area contributed by atoms with Crippen molar-refractivity contribution in [2.24, 2.45) is 0 Å². The van der Waals surface area contributed by atoms with Crippen molar-refractivity contribution in [1.82, 2.24) is 0 Å². The second kappa shape index (κ2) is 6.89. The average Bonchev–Trinajstić information content (AvgIpc) is 2.45. The summed E-state index contributed by atoms with van der Waals surface area (Å²) in [4.78, 5) is 0. The number of hydrogen-bond acceptors (Lipinski definition) is 2. The van der Waals surface area contributed by atoms with E-state index in [1.165, 1.54) is 0 Å². The maximum Gasteiger partial charge on any atom is 0.147 e. The standard InChI is InChI=1S/C16H16BrF2NO/c1-10(7-11-3-5-12(21-2)6-4-11)20-16-9-14(18)13(17)8-15(16)19/h3-6,8-10,20H,7H2,1-2H3. The lowest BCUT2D eigenvalue weighted by Crippen LogP contribution is -2.19. The number of nitrogens with one attached hydrogen (secondary N) is 1. The Labute approximate surface area is 131 Å². The molecule has 2 aromatic rings. The van der Waals surface area contributed by atoms with E-state index >= 15 is 0 Å². The fourth-order valence-electron chi connectivity index (χ4n) is 2.06. The zero-order valence-electron chi connectivity index (χ0n) is 11.8. The van der Waals surface area contributed by atoms with Crippen molar-refractivity contribution >= 4 is 21.6 Å². The van der Waals surface area contributed by atoms with Gasteiger partial charge in [-0.3, -0.25) is 0 Å². The number of hydrogen-bond donors (Lipinski definition) is 1. The number of benzene rings is 2. The minimum absolute atomic E-state index is 0.0338. The third kappa shape index (κ3) is 4.17. The van der Waals surface area contributed by atoms with Crippen molar-refractivity contribution < 1.29 is 13.5 Å². The molecule has 0 aliphatic rings. The zero-order valence-corrected chi connectivity index (χ0v) is 13.4. The quantitative estimate of drug-likeness (QED) is 0.779. The summed E-state index contributed by atoms with van der Waals surface area (Å²) in [6.07, 6.45) is 0.696. The molecule has 0 amide bonds. The van der Waals surface area contributed by atoms with Gasteiger partial charge in [-0.25, -0.2) is 8.78 Å². The summed E-state index contributed by atoms with van der Waals surface area (Å²) in [5.74, 6) is -0.180. The number of rotatable bonds is 5. The van der Waals surface area contributed by atoms with Crippen LogP contribution in [0.15, 0.2) is 40.9 Å². The van der Waals surface area contributed by atoms with Crippen molar-refractivity contribution in [3.05, 3.63) is 58.1 Å². The van der Waals surface area contributed by atoms with Gasteiger partial charge in [0.25, 0.3) is 0 Å². The Hall–Kier alpha value is -1.62. The van der Waals surface area contributed by atoms with Gasteiger partial charge in [0.05, 0.1) is 17.3 Å². The van der Waals surface area contributed by atoms with Gasteiger partial charge < -0.3 is 10.1 Å². The summed E-state index contributed by atoms with van der Waals surface area (Å²) in [5.41, 5.74) is 1.26. The third-order valence-corrected chi connectivity index (χ3v) is 3.72. The van der Waals surface area contributed by atoms with E-state index < -0.39 is 11.6 Å². The molecule has 0 fully saturated rings. The lowest BCUT2D eigenvalue weighted by molar-refractivity contribution is 0.414. The van der Waals surface area contributed by atoms with Crippen LogP contribution >= 0.6 is 15.9 Å². The van der Waals surface area contributed by atoms with Crippen LogP contribution in [0.4, 0.5) is 14.5 Å². The van der Waals surface area contributed by atoms with Crippen LogP contribution in [0.3, 0.4) is 0 Å². The van der Waals surface area contributed by atoms with Crippen LogP contribution < -0.4 is 10.1 Å². The molecule has 0 bridgehead atoms. The molecular formula is C16H16BrF2NO. The molecule has 5 heteroatoms. The van der Waals surface area contributed by atoms with E-state index in [4.69, 9.17) is 4.74 Å². The van der Waals surface area contributed by atoms with Gasteiger partial charge in [0, 0.05) is 12.1 Å². The fourth-order valence-corrected chi connectivity index (χ4v) is 2.38. The minimum Gasteiger partial charge on any atom is -0.497 e. The van der Waals surface area contributed by atoms with Gasteiger partial charge in [-0.15, -0.1) is 0 Å². The van der Waals surface area contributed by atoms with Crippen LogP contribution in [0.2, 0.25) is 0 Å². The summed E-state index contributed by atoms with van der Waals surface area (Å²) < 4.78 is 32.4. The Kier molecular flexibility index (Phi) is 5.17. The zero-order chi connectivity index (χ0) is 15.4. The molecule has 21 heavy (non-hydrogen) atoms. The predicted octanol–water partition coefficient (Wildman–Crippen LogP) is 4.78. The molecule has 0 aliphatic heterocycles. The van der Waals surface area contributed by atoms with Crippen LogP contribution in [0.5, 0.6) is 5.75 Å². The third-order valence-electron chi connectivity index (χ3n) is 3.11. The Morgan fingerprint density at radius 2 is 1.81 bits per heavy atom. The molecular weight excluding hydrogens is 340 g/mol. The maximum atomic E-state index is 13.8. The molecule has 2 rings (SSSR count). The second-order valence-electron chi connectivity index (χ2n) is 4.84. The van der Waals surface area contributed by atoms with Gasteiger partial charge in [-0.05, 0) is 53.0 Å². The molecule has 112 valence electrons. The van der Waals surface area contributed by atoms with E-state index in [0.29, 0.717) is 6.42 Å². The molecule has 0 aromatic heterocycles. The van der Waals surface area contributed by atoms with Gasteiger partial charge >= 0.3 is 0 Å². The molecule has 2 aromatic carbocycles. The van der Waals surface area contributed by atoms with Crippen LogP contribution in [0, 0.1) is 11.6 Å². The Balaban J connectivity index is 2.04. The summed E-state index contributed by atoms with van der Waals surface area (Å²) in [7, 11) is 1.62. The summed E-state index contributed by atoms with van der Waals surface area (Å²) in [6.45, 7) is 1.92. The lowest BCUT2D eigenvalue weighted by atomic mass is 10.1. The minimum atomic E-state index is -0.490. The lowest BCUT2D eigenvalue weighted by Gasteiger charge is -2.16. The highest BCUT2D eigenvalue weighted by Gasteiger charge is 2.11. The van der Waals surface area contributed by atoms with E-state index in [1.807, 2.05) is 31.2 Å². The summed E-state index contributed by atoms with van der Waals surface area (Å²) >= 11 is 2.96. The first-order chi connectivity index (χ1) is 9.99. The Morgan fingerprint density at radius 1 is 1.14 bits per heavy atom. The molecule has 0 saturated carbocycles. The Morgan fingerprint density at radius 3 is 2.43 bits per heavy atom. The van der Waals surface area contributed by atoms with E-state index in [-0.39, 0.29) is 16.2 Å². The topological polar surface area (TPSA) is 21.3 Å². The first-order valence-electron chi connectivity index (χ1n) is 6.53. The van der Waals surface area contributed by atoms with Gasteiger partial charge in [0.15, 0.2) is 0 Å². The normalized spacial score (nSPS) is 12.0. The van der Waals surface area contributed by atoms with Crippen molar-refractivity contribution in [3.8, 4) is 5.75 Å². The predicted molar refractivity (Wildman–Crippen MR) is 83.8 cm³/mol. The largest absolute Gasteiger partial charge is 0.497 e. The molecule has 2 nitrogen and oxygen atoms in total. The van der Waals surface area contributed by atoms with Crippen molar-refractivity contribution in [3.63, 3.8) is 0 Å². The van der Waals surface area contributed by atoms with E-state index in [9.17, 15) is 8.78 Å². The highest BCUT2D eigenvalue weighted by Crippen LogP contribution is 2.24. The summed E-state index contributed by atoms with van der Waals surface area (Å²) in [6, 6.07) is 9.91. The highest BCUT2D eigenvalue weighted by molar-refractivity contribution is 9.10. The molecule has 0 saturated heterocycles. The number of anilines is 1. The molecule has 0 heterocycles. The van der Waals surface area contributed by atoms with Crippen LogP contribution in [0.1, 0.15) is 12.5 Å². The SMILES string of the molecule is COc1ccc(CC(C)Nc2cc(F)c(Br)cc2F)cc1. The van der Waals surface area contributed by atoms with Crippen LogP contribution in [-0.4, -0.2) is 13.2 Å². The van der Waals surface area contributed by atoms with Crippen LogP contribution in [-0.2, 0) is 6.42 Å². The molecule has 1 N–H and O–H groups in total. The molecule has 0 spiro atoms.